The zero-order chi connectivity index (χ0) is 23.6. The zero-order valence-electron chi connectivity index (χ0n) is 18.9. The fraction of sp³-hybridized carbons (Fsp3) is 0.480. The van der Waals surface area contributed by atoms with Crippen molar-refractivity contribution in [1.82, 2.24) is 4.90 Å². The SMILES string of the molecule is CN=C(C)/C(=C\Cc1ccccc1CO)CN1CCC2(CC1)OCC(F)(F)c1cc(Cl)sc12. The van der Waals surface area contributed by atoms with Crippen molar-refractivity contribution in [2.24, 2.45) is 4.99 Å². The molecule has 2 aliphatic heterocycles. The van der Waals surface area contributed by atoms with Gasteiger partial charge in [-0.2, -0.15) is 8.78 Å². The number of hydrogen-bond donors (Lipinski definition) is 1. The van der Waals surface area contributed by atoms with Crippen molar-refractivity contribution in [3.05, 3.63) is 67.9 Å². The van der Waals surface area contributed by atoms with Gasteiger partial charge >= 0.3 is 0 Å². The molecule has 2 aliphatic rings. The molecule has 4 rings (SSSR count). The predicted octanol–water partition coefficient (Wildman–Crippen LogP) is 5.57. The van der Waals surface area contributed by atoms with Crippen LogP contribution in [0.25, 0.3) is 0 Å². The summed E-state index contributed by atoms with van der Waals surface area (Å²) in [7, 11) is 1.79. The van der Waals surface area contributed by atoms with E-state index in [0.717, 1.165) is 42.0 Å². The van der Waals surface area contributed by atoms with Gasteiger partial charge in [0.25, 0.3) is 5.92 Å². The van der Waals surface area contributed by atoms with Crippen molar-refractivity contribution in [2.45, 2.75) is 44.3 Å². The molecule has 1 aromatic heterocycles. The Morgan fingerprint density at radius 1 is 1.27 bits per heavy atom. The number of likely N-dealkylation sites (tertiary alicyclic amines) is 1. The van der Waals surface area contributed by atoms with E-state index < -0.39 is 18.1 Å². The third kappa shape index (κ3) is 5.08. The average molecular weight is 495 g/mol. The summed E-state index contributed by atoms with van der Waals surface area (Å²) in [6, 6.07) is 9.28. The maximum atomic E-state index is 14.4. The highest BCUT2D eigenvalue weighted by Crippen LogP contribution is 2.52. The van der Waals surface area contributed by atoms with Gasteiger partial charge in [-0.05, 0) is 49.0 Å². The fourth-order valence-electron chi connectivity index (χ4n) is 4.64. The molecule has 4 nitrogen and oxygen atoms in total. The normalized spacial score (nSPS) is 20.8. The molecule has 0 radical (unpaired) electrons. The standard InChI is InChI=1S/C25H29ClF2N2O2S/c1-17(29-2)19(8-7-18-5-3-4-6-20(18)15-31)14-30-11-9-24(10-12-30)23-21(13-22(26)33-23)25(27,28)16-32-24/h3-6,8,13,31H,7,9-12,14-16H2,1-2H3/b19-8-,29-17?. The predicted molar refractivity (Wildman–Crippen MR) is 130 cm³/mol. The zero-order valence-corrected chi connectivity index (χ0v) is 20.5. The van der Waals surface area contributed by atoms with Crippen molar-refractivity contribution >= 4 is 28.6 Å². The number of alkyl halides is 2. The summed E-state index contributed by atoms with van der Waals surface area (Å²) in [5.74, 6) is -2.99. The highest BCUT2D eigenvalue weighted by Gasteiger charge is 2.51. The van der Waals surface area contributed by atoms with Crippen molar-refractivity contribution in [3.8, 4) is 0 Å². The number of aliphatic hydroxyl groups is 1. The molecule has 3 heterocycles. The molecule has 2 aromatic rings. The molecule has 8 heteroatoms. The minimum Gasteiger partial charge on any atom is -0.392 e. The van der Waals surface area contributed by atoms with Gasteiger partial charge < -0.3 is 9.84 Å². The van der Waals surface area contributed by atoms with Crippen LogP contribution in [0.3, 0.4) is 0 Å². The van der Waals surface area contributed by atoms with Gasteiger partial charge in [0.2, 0.25) is 0 Å². The number of allylic oxidation sites excluding steroid dienone is 1. The molecule has 33 heavy (non-hydrogen) atoms. The molecular weight excluding hydrogens is 466 g/mol. The fourth-order valence-corrected chi connectivity index (χ4v) is 6.12. The molecule has 0 amide bonds. The second-order valence-corrected chi connectivity index (χ2v) is 10.4. The van der Waals surface area contributed by atoms with E-state index in [1.165, 1.54) is 17.4 Å². The van der Waals surface area contributed by atoms with Crippen LogP contribution in [-0.4, -0.2) is 49.0 Å². The maximum absolute atomic E-state index is 14.4. The molecule has 1 fully saturated rings. The van der Waals surface area contributed by atoms with Crippen molar-refractivity contribution in [3.63, 3.8) is 0 Å². The highest BCUT2D eigenvalue weighted by molar-refractivity contribution is 7.16. The first kappa shape index (κ1) is 24.5. The summed E-state index contributed by atoms with van der Waals surface area (Å²) in [5, 5.41) is 9.61. The number of benzene rings is 1. The van der Waals surface area contributed by atoms with E-state index in [0.29, 0.717) is 28.5 Å². The molecule has 0 bridgehead atoms. The van der Waals surface area contributed by atoms with E-state index in [9.17, 15) is 13.9 Å². The van der Waals surface area contributed by atoms with Crippen LogP contribution in [-0.2, 0) is 29.3 Å². The van der Waals surface area contributed by atoms with Crippen molar-refractivity contribution in [2.75, 3.05) is 33.3 Å². The summed E-state index contributed by atoms with van der Waals surface area (Å²) in [6.45, 7) is 3.63. The number of thiophene rings is 1. The molecule has 1 N–H and O–H groups in total. The number of rotatable bonds is 6. The molecule has 0 aliphatic carbocycles. The van der Waals surface area contributed by atoms with Crippen LogP contribution < -0.4 is 0 Å². The minimum atomic E-state index is -2.99. The number of aliphatic imine (C=N–C) groups is 1. The third-order valence-corrected chi connectivity index (χ3v) is 8.20. The number of hydrogen-bond acceptors (Lipinski definition) is 5. The first-order chi connectivity index (χ1) is 15.8. The monoisotopic (exact) mass is 494 g/mol. The highest BCUT2D eigenvalue weighted by atomic mass is 35.5. The van der Waals surface area contributed by atoms with Gasteiger partial charge in [-0.25, -0.2) is 0 Å². The lowest BCUT2D eigenvalue weighted by Gasteiger charge is -2.45. The second kappa shape index (κ2) is 9.92. The molecule has 0 atom stereocenters. The summed E-state index contributed by atoms with van der Waals surface area (Å²) in [6.07, 6.45) is 4.19. The largest absolute Gasteiger partial charge is 0.392 e. The van der Waals surface area contributed by atoms with Crippen LogP contribution in [0.15, 0.2) is 47.0 Å². The smallest absolute Gasteiger partial charge is 0.297 e. The molecule has 1 spiro atoms. The Balaban J connectivity index is 1.47. The van der Waals surface area contributed by atoms with Gasteiger partial charge in [-0.15, -0.1) is 11.3 Å². The van der Waals surface area contributed by atoms with Crippen LogP contribution in [0.1, 0.15) is 41.3 Å². The molecule has 1 saturated heterocycles. The molecule has 0 unspecified atom stereocenters. The Labute approximate surface area is 202 Å². The van der Waals surface area contributed by atoms with Gasteiger partial charge in [0, 0.05) is 42.8 Å². The quantitative estimate of drug-likeness (QED) is 0.534. The lowest BCUT2D eigenvalue weighted by molar-refractivity contribution is -0.181. The maximum Gasteiger partial charge on any atom is 0.297 e. The number of fused-ring (bicyclic) bond motifs is 2. The molecule has 178 valence electrons. The van der Waals surface area contributed by atoms with E-state index in [4.69, 9.17) is 16.3 Å². The van der Waals surface area contributed by atoms with Gasteiger partial charge in [0.15, 0.2) is 0 Å². The first-order valence-electron chi connectivity index (χ1n) is 11.1. The van der Waals surface area contributed by atoms with E-state index in [2.05, 4.69) is 16.0 Å². The minimum absolute atomic E-state index is 0.0160. The molecular formula is C25H29ClF2N2O2S. The number of aliphatic hydroxyl groups excluding tert-OH is 1. The summed E-state index contributed by atoms with van der Waals surface area (Å²) < 4.78 is 35.0. The average Bonchev–Trinajstić information content (AvgIpc) is 3.24. The Bertz CT molecular complexity index is 1060. The van der Waals surface area contributed by atoms with Crippen LogP contribution >= 0.6 is 22.9 Å². The topological polar surface area (TPSA) is 45.1 Å². The van der Waals surface area contributed by atoms with Gasteiger partial charge in [-0.1, -0.05) is 41.9 Å². The summed E-state index contributed by atoms with van der Waals surface area (Å²) in [5.41, 5.74) is 3.49. The lowest BCUT2D eigenvalue weighted by atomic mass is 9.84. The van der Waals surface area contributed by atoms with Crippen LogP contribution in [0.4, 0.5) is 8.78 Å². The second-order valence-electron chi connectivity index (χ2n) is 8.73. The van der Waals surface area contributed by atoms with E-state index in [-0.39, 0.29) is 12.2 Å². The van der Waals surface area contributed by atoms with Gasteiger partial charge in [-0.3, -0.25) is 9.89 Å². The van der Waals surface area contributed by atoms with Gasteiger partial charge in [0.05, 0.1) is 10.9 Å². The van der Waals surface area contributed by atoms with Crippen molar-refractivity contribution in [1.29, 1.82) is 0 Å². The van der Waals surface area contributed by atoms with Gasteiger partial charge in [0.1, 0.15) is 12.2 Å². The number of ether oxygens (including phenoxy) is 1. The van der Waals surface area contributed by atoms with Crippen LogP contribution in [0.5, 0.6) is 0 Å². The van der Waals surface area contributed by atoms with E-state index in [1.807, 2.05) is 31.2 Å². The van der Waals surface area contributed by atoms with Crippen LogP contribution in [0, 0.1) is 0 Å². The lowest BCUT2D eigenvalue weighted by Crippen LogP contribution is -2.49. The van der Waals surface area contributed by atoms with E-state index in [1.54, 1.807) is 7.05 Å². The Morgan fingerprint density at radius 2 is 1.97 bits per heavy atom. The molecule has 1 aromatic carbocycles. The van der Waals surface area contributed by atoms with Crippen molar-refractivity contribution < 1.29 is 18.6 Å². The van der Waals surface area contributed by atoms with Crippen LogP contribution in [0.2, 0.25) is 4.34 Å². The molecule has 0 saturated carbocycles. The number of halogens is 3. The number of nitrogens with zero attached hydrogens (tertiary/aromatic N) is 2. The summed E-state index contributed by atoms with van der Waals surface area (Å²) in [4.78, 5) is 7.31. The number of piperidine rings is 1. The first-order valence-corrected chi connectivity index (χ1v) is 12.3. The Morgan fingerprint density at radius 3 is 2.64 bits per heavy atom. The van der Waals surface area contributed by atoms with E-state index >= 15 is 0 Å². The Kier molecular flexibility index (Phi) is 7.36. The Hall–Kier alpha value is -1.64. The third-order valence-electron chi connectivity index (χ3n) is 6.75. The summed E-state index contributed by atoms with van der Waals surface area (Å²) >= 11 is 7.34.